The van der Waals surface area contributed by atoms with E-state index >= 15 is 0 Å². The molecule has 0 aliphatic carbocycles. The molecule has 0 bridgehead atoms. The molecule has 3 unspecified atom stereocenters. The Bertz CT molecular complexity index is 3700. The van der Waals surface area contributed by atoms with Gasteiger partial charge >= 0.3 is 5.97 Å². The van der Waals surface area contributed by atoms with Gasteiger partial charge in [-0.25, -0.2) is 4.79 Å². The maximum Gasteiger partial charge on any atom is 0.364 e. The Labute approximate surface area is 751 Å². The standard InChI is InChI=1S/C73H121N5O55/c1-17(89)74-34-45(103)54(125-68-51(109)60(42(100)26(10-83)118-68)131-67-49(107)48(106)39(97)23(7-80)117-67)28(12-85)121-64(34)115-16-31-44(102)61(52(110)70(124-31)126-55-29(13-86)122-65(35(46(55)104)75-18(2)90)129-59-41(99)25(9-82)119-69(50(59)108)128-57-37(77-20(4)92)63(112)116-24(8-81)40(57)98)130-66-36(76-19(3)91)47(105)56(30(14-87)123-66)127-71-53(111)62(43(101)27(11-84)120-71)133-73(72(113)114)5-21(93)33(78-32(95)15-88)58(132-73)38(96)22(94)6-79/h21-31,33-71,79-88,93-94,96-112H,5-16H2,1-4H3,(H,74,89)(H,75,90)(H,76,91)(H,77,92)(H,78,95)(H,113,114)/t21-,22+,23+,24+,25+,26+,27+,28+,29+,30+,31+,33+,34+,35+,36+,37+,38+,39-,40-,41-,42-,43-,44-,45+,46+,47+,48-,49+,50+,51+,52+,53+,54+,55+,56+,57+,58+,59-,60-,61-,62-,63-,64+,65-,66-,67?,68?,69-,70-,71?,73-/m0/s1. The minimum Gasteiger partial charge on any atom is -0.477 e. The molecule has 0 saturated carbocycles. The van der Waals surface area contributed by atoms with Crippen molar-refractivity contribution in [1.82, 2.24) is 26.6 Å². The van der Waals surface area contributed by atoms with Crippen LogP contribution in [0.5, 0.6) is 0 Å². The molecule has 768 valence electrons. The fraction of sp³-hybridized carbons (Fsp3) is 0.918. The third kappa shape index (κ3) is 24.4. The number of rotatable bonds is 37. The number of amides is 5. The molecule has 0 spiro atoms. The lowest BCUT2D eigenvalue weighted by Crippen LogP contribution is -2.71. The van der Waals surface area contributed by atoms with Crippen LogP contribution in [-0.4, -0.2) is 574 Å². The number of aliphatic hydroxyl groups is 29. The predicted octanol–water partition coefficient (Wildman–Crippen LogP) is -23.9. The molecule has 10 aliphatic heterocycles. The number of carboxylic acids is 1. The van der Waals surface area contributed by atoms with E-state index in [0.717, 1.165) is 27.7 Å². The molecule has 10 rings (SSSR count). The lowest BCUT2D eigenvalue weighted by molar-refractivity contribution is -0.393. The van der Waals surface area contributed by atoms with Crippen molar-refractivity contribution in [1.29, 1.82) is 0 Å². The fourth-order valence-electron chi connectivity index (χ4n) is 17.1. The van der Waals surface area contributed by atoms with E-state index in [1.165, 1.54) is 0 Å². The van der Waals surface area contributed by atoms with Gasteiger partial charge in [-0.05, 0) is 0 Å². The first kappa shape index (κ1) is 110. The monoisotopic (exact) mass is 1950 g/mol. The van der Waals surface area contributed by atoms with Gasteiger partial charge in [0.2, 0.25) is 29.5 Å². The average molecular weight is 1950 g/mol. The van der Waals surface area contributed by atoms with Crippen molar-refractivity contribution in [3.05, 3.63) is 0 Å². The Morgan fingerprint density at radius 2 is 0.632 bits per heavy atom. The molecule has 0 aromatic heterocycles. The Morgan fingerprint density at radius 1 is 0.323 bits per heavy atom. The second-order valence-electron chi connectivity index (χ2n) is 33.2. The molecule has 60 heteroatoms. The molecule has 10 fully saturated rings. The van der Waals surface area contributed by atoms with Gasteiger partial charge in [0.15, 0.2) is 56.6 Å². The van der Waals surface area contributed by atoms with Gasteiger partial charge in [-0.15, -0.1) is 0 Å². The first-order chi connectivity index (χ1) is 62.8. The van der Waals surface area contributed by atoms with Crippen LogP contribution in [0.3, 0.4) is 0 Å². The fourth-order valence-corrected chi connectivity index (χ4v) is 17.1. The topological polar surface area (TPSA) is 945 Å². The van der Waals surface area contributed by atoms with Crippen LogP contribution in [0.2, 0.25) is 0 Å². The molecule has 133 heavy (non-hydrogen) atoms. The minimum atomic E-state index is -3.40. The van der Waals surface area contributed by atoms with Crippen molar-refractivity contribution < 1.29 is 272 Å². The maximum atomic E-state index is 13.4. The number of carbonyl (C=O) groups is 6. The van der Waals surface area contributed by atoms with Gasteiger partial charge in [-0.1, -0.05) is 0 Å². The number of carboxylic acid groups (broad SMARTS) is 1. The Hall–Kier alpha value is -5.10. The largest absolute Gasteiger partial charge is 0.477 e. The summed E-state index contributed by atoms with van der Waals surface area (Å²) in [5, 5.41) is 345. The molecule has 60 nitrogen and oxygen atoms in total. The summed E-state index contributed by atoms with van der Waals surface area (Å²) in [7, 11) is 0. The summed E-state index contributed by atoms with van der Waals surface area (Å²) in [4.78, 5) is 77.8. The highest BCUT2D eigenvalue weighted by atomic mass is 16.8. The summed E-state index contributed by atoms with van der Waals surface area (Å²) < 4.78 is 112. The van der Waals surface area contributed by atoms with Crippen LogP contribution in [-0.2, 0) is 119 Å². The lowest BCUT2D eigenvalue weighted by atomic mass is 9.88. The highest BCUT2D eigenvalue weighted by molar-refractivity contribution is 5.78. The van der Waals surface area contributed by atoms with Gasteiger partial charge in [0.05, 0.1) is 78.2 Å². The normalized spacial score (nSPS) is 47.0. The smallest absolute Gasteiger partial charge is 0.364 e. The molecule has 0 aromatic carbocycles. The summed E-state index contributed by atoms with van der Waals surface area (Å²) in [6, 6.07) is -9.87. The van der Waals surface area contributed by atoms with Gasteiger partial charge in [0, 0.05) is 34.1 Å². The summed E-state index contributed by atoms with van der Waals surface area (Å²) in [6.07, 6.45) is -99.8. The minimum absolute atomic E-state index is 0.830. The van der Waals surface area contributed by atoms with Gasteiger partial charge in [-0.2, -0.15) is 0 Å². The van der Waals surface area contributed by atoms with Gasteiger partial charge in [0.25, 0.3) is 5.79 Å². The molecular weight excluding hydrogens is 1830 g/mol. The summed E-state index contributed by atoms with van der Waals surface area (Å²) >= 11 is 0. The molecule has 51 atom stereocenters. The zero-order valence-electron chi connectivity index (χ0n) is 71.0. The number of hydrogen-bond acceptors (Lipinski definition) is 54. The lowest BCUT2D eigenvalue weighted by Gasteiger charge is -2.51. The van der Waals surface area contributed by atoms with Crippen LogP contribution in [0.4, 0.5) is 0 Å². The van der Waals surface area contributed by atoms with Crippen LogP contribution < -0.4 is 26.6 Å². The first-order valence-corrected chi connectivity index (χ1v) is 41.9. The van der Waals surface area contributed by atoms with E-state index < -0.39 is 427 Å². The third-order valence-electron chi connectivity index (χ3n) is 23.9. The maximum absolute atomic E-state index is 13.4. The first-order valence-electron chi connectivity index (χ1n) is 41.9. The van der Waals surface area contributed by atoms with Gasteiger partial charge in [-0.3, -0.25) is 24.0 Å². The van der Waals surface area contributed by atoms with E-state index in [2.05, 4.69) is 26.6 Å². The molecule has 10 aliphatic rings. The molecular formula is C73H121N5O55. The summed E-state index contributed by atoms with van der Waals surface area (Å²) in [6.45, 7) is -9.45. The third-order valence-corrected chi connectivity index (χ3v) is 23.9. The zero-order valence-corrected chi connectivity index (χ0v) is 71.0. The van der Waals surface area contributed by atoms with E-state index in [9.17, 15) is 182 Å². The van der Waals surface area contributed by atoms with Crippen molar-refractivity contribution in [3.63, 3.8) is 0 Å². The number of aliphatic hydroxyl groups excluding tert-OH is 29. The van der Waals surface area contributed by atoms with Crippen molar-refractivity contribution in [2.24, 2.45) is 0 Å². The quantitative estimate of drug-likeness (QED) is 0.0275. The van der Waals surface area contributed by atoms with Crippen molar-refractivity contribution in [2.45, 2.75) is 346 Å². The Balaban J connectivity index is 0.957. The van der Waals surface area contributed by atoms with E-state index in [0.29, 0.717) is 0 Å². The van der Waals surface area contributed by atoms with Crippen LogP contribution in [0, 0.1) is 0 Å². The SMILES string of the molecule is CC(=O)N[C@@H]1[C@@H](O[C@@H]2O[C@H](CO)[C@H](O)[C@H](O[C@@H]3O[C@H](CO)[C@@H](O[C@@H]4O[C@H](CO[C@@H]5O[C@H](CO)[C@@H](OC6O[C@H](CO)[C@H](O)[C@H](OC7O[C@H](CO)[C@H](O)[C@H](O)[C@H]7O)[C@H]6O)[C@H](O)[C@H]5NC(C)=O)[C@H](O)[C@H](O[C@@H]5O[C@H](CO)[C@@H](OC6O[C@H](CO)[C@H](O)[C@H](O[C@]7(C(=O)O)C[C@H](O)[C@@H](NC(=O)CO)[C@H]([C@H](O)[C@H](O)CO)O7)[C@H]6O)[C@H](O)[C@H]5NC(C)=O)[C@H]4O)[C@H](O)[C@H]3NC(C)=O)[C@H]2O)[C@@H](O)[C@@H](CO)O[C@@H]1O. The van der Waals surface area contributed by atoms with Crippen LogP contribution in [0.25, 0.3) is 0 Å². The van der Waals surface area contributed by atoms with Crippen LogP contribution in [0.1, 0.15) is 34.1 Å². The summed E-state index contributed by atoms with van der Waals surface area (Å²) in [5.74, 6) is -10.8. The molecule has 35 N–H and O–H groups in total. The van der Waals surface area contributed by atoms with Crippen LogP contribution >= 0.6 is 0 Å². The van der Waals surface area contributed by atoms with E-state index in [-0.39, 0.29) is 0 Å². The highest BCUT2D eigenvalue weighted by Crippen LogP contribution is 2.43. The van der Waals surface area contributed by atoms with Gasteiger partial charge < -0.3 is 270 Å². The van der Waals surface area contributed by atoms with Gasteiger partial charge in [0.1, 0.15) is 244 Å². The Kier molecular flexibility index (Phi) is 39.6. The zero-order chi connectivity index (χ0) is 98.3. The Morgan fingerprint density at radius 3 is 1.02 bits per heavy atom. The number of ether oxygens (including phenoxy) is 19. The van der Waals surface area contributed by atoms with E-state index in [1.54, 1.807) is 0 Å². The van der Waals surface area contributed by atoms with E-state index in [4.69, 9.17) is 90.0 Å². The number of aliphatic carboxylic acids is 1. The summed E-state index contributed by atoms with van der Waals surface area (Å²) in [5.41, 5.74) is 0. The van der Waals surface area contributed by atoms with Crippen molar-refractivity contribution >= 4 is 35.5 Å². The number of hydrogen-bond donors (Lipinski definition) is 35. The molecule has 0 radical (unpaired) electrons. The predicted molar refractivity (Wildman–Crippen MR) is 406 cm³/mol. The number of nitrogens with one attached hydrogen (secondary N) is 5. The molecule has 10 heterocycles. The molecule has 10 saturated heterocycles. The molecule has 0 aromatic rings. The van der Waals surface area contributed by atoms with Crippen molar-refractivity contribution in [2.75, 3.05) is 72.7 Å². The number of carbonyl (C=O) groups excluding carboxylic acids is 5. The van der Waals surface area contributed by atoms with Crippen molar-refractivity contribution in [3.8, 4) is 0 Å². The van der Waals surface area contributed by atoms with Crippen LogP contribution in [0.15, 0.2) is 0 Å². The second-order valence-corrected chi connectivity index (χ2v) is 33.2. The van der Waals surface area contributed by atoms with E-state index in [1.807, 2.05) is 0 Å². The average Bonchev–Trinajstić information content (AvgIpc) is 0.756. The second kappa shape index (κ2) is 47.9. The highest BCUT2D eigenvalue weighted by Gasteiger charge is 2.64. The molecule has 5 amide bonds.